The summed E-state index contributed by atoms with van der Waals surface area (Å²) >= 11 is 0.993. The fourth-order valence-corrected chi connectivity index (χ4v) is 6.14. The molecule has 0 saturated carbocycles. The van der Waals surface area contributed by atoms with Crippen molar-refractivity contribution in [2.75, 3.05) is 19.6 Å². The van der Waals surface area contributed by atoms with E-state index in [1.165, 1.54) is 4.31 Å². The lowest BCUT2D eigenvalue weighted by atomic mass is 10.1. The van der Waals surface area contributed by atoms with E-state index >= 15 is 0 Å². The van der Waals surface area contributed by atoms with Crippen LogP contribution in [0.15, 0.2) is 23.1 Å². The van der Waals surface area contributed by atoms with Gasteiger partial charge in [-0.05, 0) is 36.8 Å². The van der Waals surface area contributed by atoms with Gasteiger partial charge in [-0.2, -0.15) is 13.1 Å². The molecular formula is C19H28N4O3S2. The van der Waals surface area contributed by atoms with Gasteiger partial charge in [-0.1, -0.05) is 33.8 Å². The van der Waals surface area contributed by atoms with E-state index in [2.05, 4.69) is 36.4 Å². The Bertz CT molecular complexity index is 930. The molecule has 1 aromatic heterocycles. The van der Waals surface area contributed by atoms with Crippen LogP contribution in [-0.4, -0.2) is 58.0 Å². The molecule has 154 valence electrons. The van der Waals surface area contributed by atoms with Gasteiger partial charge >= 0.3 is 0 Å². The number of benzene rings is 1. The molecule has 0 aliphatic carbocycles. The zero-order chi connectivity index (χ0) is 20.5. The molecule has 2 heterocycles. The van der Waals surface area contributed by atoms with Gasteiger partial charge in [0.2, 0.25) is 15.9 Å². The van der Waals surface area contributed by atoms with Crippen LogP contribution in [0.4, 0.5) is 0 Å². The molecule has 1 fully saturated rings. The fourth-order valence-electron chi connectivity index (χ4n) is 3.74. The predicted molar refractivity (Wildman–Crippen MR) is 111 cm³/mol. The third kappa shape index (κ3) is 4.21. The van der Waals surface area contributed by atoms with Crippen molar-refractivity contribution in [3.8, 4) is 0 Å². The SMILES string of the molecule is CC(C)CN(CC(C)C)C(=O)C1CCCN1S(=O)(=O)c1cccc2nsnc12. The number of carbonyl (C=O) groups excluding carboxylic acids is 1. The average Bonchev–Trinajstić information content (AvgIpc) is 3.28. The molecular weight excluding hydrogens is 396 g/mol. The highest BCUT2D eigenvalue weighted by Gasteiger charge is 2.42. The highest BCUT2D eigenvalue weighted by molar-refractivity contribution is 7.89. The number of rotatable bonds is 7. The summed E-state index contributed by atoms with van der Waals surface area (Å²) in [6.07, 6.45) is 1.23. The summed E-state index contributed by atoms with van der Waals surface area (Å²) < 4.78 is 36.5. The first-order chi connectivity index (χ1) is 13.2. The van der Waals surface area contributed by atoms with Crippen LogP contribution in [0.5, 0.6) is 0 Å². The molecule has 3 rings (SSSR count). The monoisotopic (exact) mass is 424 g/mol. The summed E-state index contributed by atoms with van der Waals surface area (Å²) in [6.45, 7) is 9.89. The van der Waals surface area contributed by atoms with E-state index in [0.717, 1.165) is 11.7 Å². The van der Waals surface area contributed by atoms with Crippen LogP contribution in [0.3, 0.4) is 0 Å². The minimum Gasteiger partial charge on any atom is -0.341 e. The smallest absolute Gasteiger partial charge is 0.246 e. The van der Waals surface area contributed by atoms with Crippen LogP contribution in [0.25, 0.3) is 11.0 Å². The third-order valence-electron chi connectivity index (χ3n) is 4.81. The van der Waals surface area contributed by atoms with Crippen LogP contribution in [0, 0.1) is 11.8 Å². The molecule has 1 aliphatic rings. The zero-order valence-electron chi connectivity index (χ0n) is 16.8. The number of aromatic nitrogens is 2. The van der Waals surface area contributed by atoms with Gasteiger partial charge in [-0.3, -0.25) is 4.79 Å². The summed E-state index contributed by atoms with van der Waals surface area (Å²) in [5, 5.41) is 0. The van der Waals surface area contributed by atoms with E-state index < -0.39 is 16.1 Å². The summed E-state index contributed by atoms with van der Waals surface area (Å²) in [7, 11) is -3.83. The molecule has 28 heavy (non-hydrogen) atoms. The fraction of sp³-hybridized carbons (Fsp3) is 0.632. The molecule has 0 bridgehead atoms. The summed E-state index contributed by atoms with van der Waals surface area (Å²) in [5.41, 5.74) is 0.946. The Balaban J connectivity index is 1.93. The largest absolute Gasteiger partial charge is 0.341 e. The maximum atomic E-state index is 13.4. The minimum absolute atomic E-state index is 0.0907. The Hall–Kier alpha value is -1.58. The van der Waals surface area contributed by atoms with E-state index in [4.69, 9.17) is 0 Å². The maximum absolute atomic E-state index is 13.4. The first-order valence-corrected chi connectivity index (χ1v) is 11.9. The number of carbonyl (C=O) groups is 1. The zero-order valence-corrected chi connectivity index (χ0v) is 18.5. The molecule has 0 spiro atoms. The molecule has 2 aromatic rings. The number of fused-ring (bicyclic) bond motifs is 1. The first-order valence-electron chi connectivity index (χ1n) is 9.73. The Labute approximate surface area is 171 Å². The lowest BCUT2D eigenvalue weighted by molar-refractivity contribution is -0.135. The molecule has 1 saturated heterocycles. The van der Waals surface area contributed by atoms with Gasteiger partial charge in [0.1, 0.15) is 22.0 Å². The summed E-state index contributed by atoms with van der Waals surface area (Å²) in [4.78, 5) is 15.3. The van der Waals surface area contributed by atoms with E-state index in [9.17, 15) is 13.2 Å². The number of hydrogen-bond donors (Lipinski definition) is 0. The van der Waals surface area contributed by atoms with Crippen molar-refractivity contribution < 1.29 is 13.2 Å². The quantitative estimate of drug-likeness (QED) is 0.682. The predicted octanol–water partition coefficient (Wildman–Crippen LogP) is 2.99. The van der Waals surface area contributed by atoms with Gasteiger partial charge in [0, 0.05) is 19.6 Å². The molecule has 0 N–H and O–H groups in total. The van der Waals surface area contributed by atoms with Crippen LogP contribution >= 0.6 is 11.7 Å². The maximum Gasteiger partial charge on any atom is 0.246 e. The topological polar surface area (TPSA) is 83.5 Å². The molecule has 9 heteroatoms. The van der Waals surface area contributed by atoms with Crippen molar-refractivity contribution in [2.24, 2.45) is 11.8 Å². The van der Waals surface area contributed by atoms with Crippen molar-refractivity contribution in [1.82, 2.24) is 18.0 Å². The lowest BCUT2D eigenvalue weighted by Gasteiger charge is -2.32. The summed E-state index contributed by atoms with van der Waals surface area (Å²) in [5.74, 6) is 0.556. The second-order valence-corrected chi connectivity index (χ2v) is 10.6. The normalized spacial score (nSPS) is 18.4. The first kappa shape index (κ1) is 21.1. The summed E-state index contributed by atoms with van der Waals surface area (Å²) in [6, 6.07) is 4.33. The van der Waals surface area contributed by atoms with Crippen molar-refractivity contribution in [1.29, 1.82) is 0 Å². The van der Waals surface area contributed by atoms with Crippen molar-refractivity contribution in [3.63, 3.8) is 0 Å². The molecule has 1 amide bonds. The van der Waals surface area contributed by atoms with Gasteiger partial charge in [0.25, 0.3) is 0 Å². The van der Waals surface area contributed by atoms with Crippen LogP contribution in [0.1, 0.15) is 40.5 Å². The van der Waals surface area contributed by atoms with Crippen molar-refractivity contribution in [3.05, 3.63) is 18.2 Å². The minimum atomic E-state index is -3.83. The lowest BCUT2D eigenvalue weighted by Crippen LogP contribution is -2.49. The highest BCUT2D eigenvalue weighted by Crippen LogP contribution is 2.31. The third-order valence-corrected chi connectivity index (χ3v) is 7.29. The van der Waals surface area contributed by atoms with Crippen LogP contribution in [-0.2, 0) is 14.8 Å². The van der Waals surface area contributed by atoms with Gasteiger partial charge in [0.15, 0.2) is 0 Å². The van der Waals surface area contributed by atoms with Gasteiger partial charge in [-0.15, -0.1) is 0 Å². The van der Waals surface area contributed by atoms with Crippen molar-refractivity contribution in [2.45, 2.75) is 51.5 Å². The van der Waals surface area contributed by atoms with Gasteiger partial charge in [-0.25, -0.2) is 8.42 Å². The average molecular weight is 425 g/mol. The molecule has 1 aliphatic heterocycles. The second kappa shape index (κ2) is 8.42. The van der Waals surface area contributed by atoms with E-state index in [1.54, 1.807) is 18.2 Å². The second-order valence-electron chi connectivity index (χ2n) is 8.19. The number of nitrogens with zero attached hydrogens (tertiary/aromatic N) is 4. The molecule has 7 nitrogen and oxygen atoms in total. The van der Waals surface area contributed by atoms with Crippen molar-refractivity contribution >= 4 is 38.7 Å². The van der Waals surface area contributed by atoms with Gasteiger partial charge < -0.3 is 4.90 Å². The van der Waals surface area contributed by atoms with E-state index in [1.807, 2.05) is 4.90 Å². The standard InChI is InChI=1S/C19H28N4O3S2/c1-13(2)11-22(12-14(3)4)19(24)16-8-6-10-23(16)28(25,26)17-9-5-7-15-18(17)21-27-20-15/h5,7,9,13-14,16H,6,8,10-12H2,1-4H3. The Kier molecular flexibility index (Phi) is 6.36. The Morgan fingerprint density at radius 2 is 1.89 bits per heavy atom. The van der Waals surface area contributed by atoms with E-state index in [-0.39, 0.29) is 10.8 Å². The molecule has 1 aromatic carbocycles. The Morgan fingerprint density at radius 1 is 1.21 bits per heavy atom. The number of amides is 1. The van der Waals surface area contributed by atoms with Gasteiger partial charge in [0.05, 0.1) is 11.7 Å². The highest BCUT2D eigenvalue weighted by atomic mass is 32.2. The van der Waals surface area contributed by atoms with Crippen LogP contribution < -0.4 is 0 Å². The van der Waals surface area contributed by atoms with Crippen LogP contribution in [0.2, 0.25) is 0 Å². The molecule has 0 radical (unpaired) electrons. The number of hydrogen-bond acceptors (Lipinski definition) is 6. The molecule has 1 unspecified atom stereocenters. The molecule has 1 atom stereocenters. The van der Waals surface area contributed by atoms with E-state index in [0.29, 0.717) is 55.3 Å². The number of sulfonamides is 1. The Morgan fingerprint density at radius 3 is 2.54 bits per heavy atom.